The highest BCUT2D eigenvalue weighted by atomic mass is 35.5. The molecular weight excluding hydrogens is 303 g/mol. The molecule has 2 N–H and O–H groups in total. The second-order valence-electron chi connectivity index (χ2n) is 5.15. The molecule has 1 aliphatic rings. The zero-order valence-corrected chi connectivity index (χ0v) is 12.8. The highest BCUT2D eigenvalue weighted by molar-refractivity contribution is 7.91. The lowest BCUT2D eigenvalue weighted by atomic mass is 10.0. The van der Waals surface area contributed by atoms with Crippen molar-refractivity contribution < 1.29 is 12.8 Å². The minimum absolute atomic E-state index is 0.0654. The molecule has 0 saturated carbocycles. The number of halogens is 2. The van der Waals surface area contributed by atoms with E-state index in [1.165, 1.54) is 12.1 Å². The molecule has 0 amide bonds. The van der Waals surface area contributed by atoms with E-state index in [9.17, 15) is 12.8 Å². The molecule has 0 radical (unpaired) electrons. The van der Waals surface area contributed by atoms with Crippen LogP contribution in [0.3, 0.4) is 0 Å². The van der Waals surface area contributed by atoms with Crippen LogP contribution in [-0.4, -0.2) is 44.5 Å². The summed E-state index contributed by atoms with van der Waals surface area (Å²) in [5.74, 6) is -0.153. The second-order valence-corrected chi connectivity index (χ2v) is 7.78. The van der Waals surface area contributed by atoms with Crippen molar-refractivity contribution in [2.24, 2.45) is 5.73 Å². The number of rotatable bonds is 4. The van der Waals surface area contributed by atoms with Crippen LogP contribution in [0.4, 0.5) is 4.39 Å². The van der Waals surface area contributed by atoms with Crippen molar-refractivity contribution in [1.82, 2.24) is 4.90 Å². The molecule has 4 nitrogen and oxygen atoms in total. The Morgan fingerprint density at radius 2 is 2.25 bits per heavy atom. The molecule has 1 aliphatic heterocycles. The molecule has 1 aromatic carbocycles. The minimum atomic E-state index is -2.96. The van der Waals surface area contributed by atoms with Crippen LogP contribution in [0.5, 0.6) is 0 Å². The third-order valence-electron chi connectivity index (χ3n) is 3.83. The predicted octanol–water partition coefficient (Wildman–Crippen LogP) is 1.60. The van der Waals surface area contributed by atoms with Gasteiger partial charge in [0.05, 0.1) is 16.5 Å². The third kappa shape index (κ3) is 3.31. The standard InChI is InChI=1S/C13H18ClFN2O2S/c1-17(10-4-5-20(18,19)8-10)13(7-16)9-2-3-11(14)12(15)6-9/h2-3,6,10,13H,4-5,7-8,16H2,1H3. The molecule has 2 rings (SSSR count). The lowest BCUT2D eigenvalue weighted by Gasteiger charge is -2.32. The monoisotopic (exact) mass is 320 g/mol. The molecule has 2 unspecified atom stereocenters. The van der Waals surface area contributed by atoms with Crippen LogP contribution in [0.1, 0.15) is 18.0 Å². The van der Waals surface area contributed by atoms with Crippen molar-refractivity contribution in [2.45, 2.75) is 18.5 Å². The highest BCUT2D eigenvalue weighted by Gasteiger charge is 2.33. The van der Waals surface area contributed by atoms with Crippen LogP contribution in [0.15, 0.2) is 18.2 Å². The average molecular weight is 321 g/mol. The van der Waals surface area contributed by atoms with Gasteiger partial charge in [0, 0.05) is 18.6 Å². The van der Waals surface area contributed by atoms with Crippen molar-refractivity contribution in [1.29, 1.82) is 0 Å². The van der Waals surface area contributed by atoms with E-state index in [4.69, 9.17) is 17.3 Å². The summed E-state index contributed by atoms with van der Waals surface area (Å²) in [6, 6.07) is 4.28. The van der Waals surface area contributed by atoms with Crippen LogP contribution in [-0.2, 0) is 9.84 Å². The molecular formula is C13H18ClFN2O2S. The first-order valence-electron chi connectivity index (χ1n) is 6.41. The van der Waals surface area contributed by atoms with Gasteiger partial charge in [-0.1, -0.05) is 17.7 Å². The Bertz CT molecular complexity index is 594. The molecule has 1 aromatic rings. The molecule has 20 heavy (non-hydrogen) atoms. The van der Waals surface area contributed by atoms with Crippen LogP contribution in [0, 0.1) is 5.82 Å². The van der Waals surface area contributed by atoms with Gasteiger partial charge in [-0.3, -0.25) is 4.90 Å². The third-order valence-corrected chi connectivity index (χ3v) is 5.88. The van der Waals surface area contributed by atoms with E-state index < -0.39 is 15.7 Å². The Morgan fingerprint density at radius 3 is 2.75 bits per heavy atom. The fourth-order valence-corrected chi connectivity index (χ4v) is 4.51. The van der Waals surface area contributed by atoms with Gasteiger partial charge in [-0.15, -0.1) is 0 Å². The van der Waals surface area contributed by atoms with Gasteiger partial charge in [-0.2, -0.15) is 0 Å². The fourth-order valence-electron chi connectivity index (χ4n) is 2.61. The fraction of sp³-hybridized carbons (Fsp3) is 0.538. The highest BCUT2D eigenvalue weighted by Crippen LogP contribution is 2.27. The normalized spacial score (nSPS) is 23.1. The number of nitrogens with zero attached hydrogens (tertiary/aromatic N) is 1. The number of likely N-dealkylation sites (N-methyl/N-ethyl adjacent to an activating group) is 1. The average Bonchev–Trinajstić information content (AvgIpc) is 2.75. The summed E-state index contributed by atoms with van der Waals surface area (Å²) < 4.78 is 36.7. The number of benzene rings is 1. The molecule has 0 bridgehead atoms. The van der Waals surface area contributed by atoms with Gasteiger partial charge in [0.1, 0.15) is 5.82 Å². The summed E-state index contributed by atoms with van der Waals surface area (Å²) in [6.07, 6.45) is 0.589. The van der Waals surface area contributed by atoms with Crippen molar-refractivity contribution in [3.05, 3.63) is 34.6 Å². The van der Waals surface area contributed by atoms with E-state index in [0.717, 1.165) is 0 Å². The smallest absolute Gasteiger partial charge is 0.151 e. The second kappa shape index (κ2) is 5.97. The van der Waals surface area contributed by atoms with Gasteiger partial charge in [0.25, 0.3) is 0 Å². The van der Waals surface area contributed by atoms with E-state index in [-0.39, 0.29) is 35.2 Å². The summed E-state index contributed by atoms with van der Waals surface area (Å²) in [6.45, 7) is 0.286. The summed E-state index contributed by atoms with van der Waals surface area (Å²) in [5.41, 5.74) is 6.49. The minimum Gasteiger partial charge on any atom is -0.329 e. The Morgan fingerprint density at radius 1 is 1.55 bits per heavy atom. The molecule has 2 atom stereocenters. The first-order valence-corrected chi connectivity index (χ1v) is 8.61. The van der Waals surface area contributed by atoms with Gasteiger partial charge in [0.15, 0.2) is 9.84 Å². The zero-order chi connectivity index (χ0) is 14.9. The number of hydrogen-bond donors (Lipinski definition) is 1. The first-order chi connectivity index (χ1) is 9.34. The largest absolute Gasteiger partial charge is 0.329 e. The van der Waals surface area contributed by atoms with E-state index in [0.29, 0.717) is 12.0 Å². The van der Waals surface area contributed by atoms with Gasteiger partial charge in [0.2, 0.25) is 0 Å². The van der Waals surface area contributed by atoms with Crippen LogP contribution >= 0.6 is 11.6 Å². The van der Waals surface area contributed by atoms with Gasteiger partial charge < -0.3 is 5.73 Å². The summed E-state index contributed by atoms with van der Waals surface area (Å²) >= 11 is 5.67. The summed E-state index contributed by atoms with van der Waals surface area (Å²) in [5, 5.41) is 0.0654. The molecule has 1 saturated heterocycles. The lowest BCUT2D eigenvalue weighted by Crippen LogP contribution is -2.39. The predicted molar refractivity (Wildman–Crippen MR) is 78.0 cm³/mol. The maximum absolute atomic E-state index is 13.6. The van der Waals surface area contributed by atoms with Crippen LogP contribution < -0.4 is 5.73 Å². The molecule has 0 aromatic heterocycles. The van der Waals surface area contributed by atoms with Gasteiger partial charge in [-0.25, -0.2) is 12.8 Å². The first kappa shape index (κ1) is 15.7. The topological polar surface area (TPSA) is 63.4 Å². The Hall–Kier alpha value is -0.690. The van der Waals surface area contributed by atoms with Crippen molar-refractivity contribution in [2.75, 3.05) is 25.1 Å². The van der Waals surface area contributed by atoms with E-state index in [1.807, 2.05) is 11.9 Å². The van der Waals surface area contributed by atoms with E-state index in [2.05, 4.69) is 0 Å². The number of hydrogen-bond acceptors (Lipinski definition) is 4. The molecule has 7 heteroatoms. The summed E-state index contributed by atoms with van der Waals surface area (Å²) in [7, 11) is -1.13. The zero-order valence-electron chi connectivity index (χ0n) is 11.2. The summed E-state index contributed by atoms with van der Waals surface area (Å²) in [4.78, 5) is 1.92. The Kier molecular flexibility index (Phi) is 4.69. The molecule has 1 heterocycles. The molecule has 0 aliphatic carbocycles. The van der Waals surface area contributed by atoms with Crippen LogP contribution in [0.2, 0.25) is 5.02 Å². The van der Waals surface area contributed by atoms with Crippen molar-refractivity contribution >= 4 is 21.4 Å². The van der Waals surface area contributed by atoms with Crippen molar-refractivity contribution in [3.63, 3.8) is 0 Å². The maximum Gasteiger partial charge on any atom is 0.151 e. The quantitative estimate of drug-likeness (QED) is 0.915. The van der Waals surface area contributed by atoms with Gasteiger partial charge >= 0.3 is 0 Å². The Labute approximate surface area is 123 Å². The SMILES string of the molecule is CN(C1CCS(=O)(=O)C1)C(CN)c1ccc(Cl)c(F)c1. The van der Waals surface area contributed by atoms with E-state index in [1.54, 1.807) is 6.07 Å². The van der Waals surface area contributed by atoms with Gasteiger partial charge in [-0.05, 0) is 31.2 Å². The maximum atomic E-state index is 13.6. The Balaban J connectivity index is 2.21. The molecule has 1 fully saturated rings. The van der Waals surface area contributed by atoms with Crippen molar-refractivity contribution in [3.8, 4) is 0 Å². The van der Waals surface area contributed by atoms with E-state index >= 15 is 0 Å². The number of nitrogens with two attached hydrogens (primary N) is 1. The van der Waals surface area contributed by atoms with Crippen LogP contribution in [0.25, 0.3) is 0 Å². The molecule has 0 spiro atoms. The number of sulfone groups is 1. The molecule has 112 valence electrons. The lowest BCUT2D eigenvalue weighted by molar-refractivity contribution is 0.192.